The number of nitrogen functional groups attached to an aromatic ring is 1. The number of carbonyl (C=O) groups excluding carboxylic acids is 1. The lowest BCUT2D eigenvalue weighted by atomic mass is 10.1. The van der Waals surface area contributed by atoms with Crippen LogP contribution < -0.4 is 5.73 Å². The van der Waals surface area contributed by atoms with E-state index in [-0.39, 0.29) is 18.1 Å². The van der Waals surface area contributed by atoms with E-state index in [1.165, 1.54) is 12.1 Å². The van der Waals surface area contributed by atoms with E-state index >= 15 is 0 Å². The van der Waals surface area contributed by atoms with Gasteiger partial charge >= 0.3 is 0 Å². The highest BCUT2D eigenvalue weighted by Crippen LogP contribution is 2.28. The minimum atomic E-state index is -0.143. The first-order valence-electron chi connectivity index (χ1n) is 6.07. The molecule has 0 radical (unpaired) electrons. The number of morpholine rings is 1. The summed E-state index contributed by atoms with van der Waals surface area (Å²) in [5.74, 6) is -0.143. The second-order valence-electron chi connectivity index (χ2n) is 4.82. The van der Waals surface area contributed by atoms with Crippen LogP contribution in [-0.4, -0.2) is 36.1 Å². The number of hydrogen-bond acceptors (Lipinski definition) is 3. The monoisotopic (exact) mass is 302 g/mol. The molecule has 0 aromatic heterocycles. The quantitative estimate of drug-likeness (QED) is 0.812. The number of halogens is 2. The van der Waals surface area contributed by atoms with E-state index in [0.29, 0.717) is 34.4 Å². The molecule has 1 aromatic rings. The third kappa shape index (κ3) is 3.14. The standard InChI is InChI=1S/C13H16Cl2N2O2/c1-7-5-17(6-8(2)19-7)13(18)9-3-12(16)11(15)4-10(9)14/h3-4,7-8H,5-6,16H2,1-2H3/t7-,8-/m1/s1. The zero-order valence-electron chi connectivity index (χ0n) is 10.8. The summed E-state index contributed by atoms with van der Waals surface area (Å²) in [7, 11) is 0. The summed E-state index contributed by atoms with van der Waals surface area (Å²) in [6.07, 6.45) is 0.0206. The summed E-state index contributed by atoms with van der Waals surface area (Å²) in [5.41, 5.74) is 6.46. The van der Waals surface area contributed by atoms with Gasteiger partial charge in [-0.1, -0.05) is 23.2 Å². The Morgan fingerprint density at radius 3 is 2.42 bits per heavy atom. The normalized spacial score (nSPS) is 23.5. The first kappa shape index (κ1) is 14.4. The van der Waals surface area contributed by atoms with Gasteiger partial charge < -0.3 is 15.4 Å². The van der Waals surface area contributed by atoms with E-state index in [0.717, 1.165) is 0 Å². The van der Waals surface area contributed by atoms with Crippen LogP contribution in [0.3, 0.4) is 0 Å². The molecular formula is C13H16Cl2N2O2. The molecule has 6 heteroatoms. The highest BCUT2D eigenvalue weighted by atomic mass is 35.5. The van der Waals surface area contributed by atoms with E-state index in [1.54, 1.807) is 4.90 Å². The van der Waals surface area contributed by atoms with Gasteiger partial charge in [-0.15, -0.1) is 0 Å². The van der Waals surface area contributed by atoms with Crippen molar-refractivity contribution in [2.45, 2.75) is 26.1 Å². The number of ether oxygens (including phenoxy) is 1. The van der Waals surface area contributed by atoms with Gasteiger partial charge in [0, 0.05) is 13.1 Å². The second kappa shape index (κ2) is 5.57. The van der Waals surface area contributed by atoms with Crippen LogP contribution in [0.5, 0.6) is 0 Å². The number of nitrogens with zero attached hydrogens (tertiary/aromatic N) is 1. The summed E-state index contributed by atoms with van der Waals surface area (Å²) in [6.45, 7) is 4.96. The highest BCUT2D eigenvalue weighted by molar-refractivity contribution is 6.38. The van der Waals surface area contributed by atoms with Gasteiger partial charge in [-0.2, -0.15) is 0 Å². The van der Waals surface area contributed by atoms with E-state index in [9.17, 15) is 4.79 Å². The maximum absolute atomic E-state index is 12.5. The van der Waals surface area contributed by atoms with Gasteiger partial charge in [0.05, 0.1) is 33.5 Å². The van der Waals surface area contributed by atoms with Crippen LogP contribution in [0.2, 0.25) is 10.0 Å². The molecule has 0 spiro atoms. The molecule has 0 saturated carbocycles. The third-order valence-electron chi connectivity index (χ3n) is 3.02. The van der Waals surface area contributed by atoms with Gasteiger partial charge in [0.1, 0.15) is 0 Å². The summed E-state index contributed by atoms with van der Waals surface area (Å²) >= 11 is 11.9. The van der Waals surface area contributed by atoms with Crippen molar-refractivity contribution in [1.29, 1.82) is 0 Å². The van der Waals surface area contributed by atoms with Crippen LogP contribution in [0.1, 0.15) is 24.2 Å². The van der Waals surface area contributed by atoms with Gasteiger partial charge in [0.2, 0.25) is 0 Å². The van der Waals surface area contributed by atoms with E-state index < -0.39 is 0 Å². The molecule has 0 bridgehead atoms. The number of carbonyl (C=O) groups is 1. The number of benzene rings is 1. The molecule has 2 N–H and O–H groups in total. The third-order valence-corrected chi connectivity index (χ3v) is 3.66. The average molecular weight is 303 g/mol. The SMILES string of the molecule is C[C@@H]1CN(C(=O)c2cc(N)c(Cl)cc2Cl)C[C@@H](C)O1. The Morgan fingerprint density at radius 2 is 1.84 bits per heavy atom. The van der Waals surface area contributed by atoms with Crippen molar-refractivity contribution < 1.29 is 9.53 Å². The second-order valence-corrected chi connectivity index (χ2v) is 5.64. The molecule has 1 heterocycles. The molecule has 1 aliphatic rings. The Bertz CT molecular complexity index is 498. The average Bonchev–Trinajstić information content (AvgIpc) is 2.31. The molecule has 0 unspecified atom stereocenters. The van der Waals surface area contributed by atoms with E-state index in [4.69, 9.17) is 33.7 Å². The smallest absolute Gasteiger partial charge is 0.255 e. The number of amides is 1. The molecule has 1 amide bonds. The fourth-order valence-corrected chi connectivity index (χ4v) is 2.71. The lowest BCUT2D eigenvalue weighted by Crippen LogP contribution is -2.48. The minimum Gasteiger partial charge on any atom is -0.398 e. The van der Waals surface area contributed by atoms with Gasteiger partial charge in [0.15, 0.2) is 0 Å². The minimum absolute atomic E-state index is 0.0103. The maximum Gasteiger partial charge on any atom is 0.255 e. The largest absolute Gasteiger partial charge is 0.398 e. The van der Waals surface area contributed by atoms with Crippen molar-refractivity contribution in [3.63, 3.8) is 0 Å². The van der Waals surface area contributed by atoms with Crippen LogP contribution in [0.25, 0.3) is 0 Å². The molecule has 19 heavy (non-hydrogen) atoms. The number of rotatable bonds is 1. The fourth-order valence-electron chi connectivity index (χ4n) is 2.24. The predicted molar refractivity (Wildman–Crippen MR) is 76.8 cm³/mol. The number of nitrogens with two attached hydrogens (primary N) is 1. The number of anilines is 1. The summed E-state index contributed by atoms with van der Waals surface area (Å²) < 4.78 is 5.60. The van der Waals surface area contributed by atoms with Crippen molar-refractivity contribution >= 4 is 34.8 Å². The highest BCUT2D eigenvalue weighted by Gasteiger charge is 2.28. The lowest BCUT2D eigenvalue weighted by Gasteiger charge is -2.35. The number of hydrogen-bond donors (Lipinski definition) is 1. The molecular weight excluding hydrogens is 287 g/mol. The van der Waals surface area contributed by atoms with E-state index in [2.05, 4.69) is 0 Å². The maximum atomic E-state index is 12.5. The molecule has 4 nitrogen and oxygen atoms in total. The molecule has 104 valence electrons. The topological polar surface area (TPSA) is 55.6 Å². The van der Waals surface area contributed by atoms with Crippen molar-refractivity contribution in [3.05, 3.63) is 27.7 Å². The zero-order chi connectivity index (χ0) is 14.2. The van der Waals surface area contributed by atoms with E-state index in [1.807, 2.05) is 13.8 Å². The summed E-state index contributed by atoms with van der Waals surface area (Å²) in [4.78, 5) is 14.2. The first-order chi connectivity index (χ1) is 8.88. The van der Waals surface area contributed by atoms with Gasteiger partial charge in [-0.3, -0.25) is 4.79 Å². The fraction of sp³-hybridized carbons (Fsp3) is 0.462. The Balaban J connectivity index is 2.26. The van der Waals surface area contributed by atoms with Crippen LogP contribution in [0, 0.1) is 0 Å². The molecule has 1 saturated heterocycles. The first-order valence-corrected chi connectivity index (χ1v) is 6.83. The van der Waals surface area contributed by atoms with Crippen LogP contribution in [-0.2, 0) is 4.74 Å². The lowest BCUT2D eigenvalue weighted by molar-refractivity contribution is -0.0586. The Hall–Kier alpha value is -0.970. The van der Waals surface area contributed by atoms with Crippen molar-refractivity contribution in [2.24, 2.45) is 0 Å². The zero-order valence-corrected chi connectivity index (χ0v) is 12.3. The Kier molecular flexibility index (Phi) is 4.23. The van der Waals surface area contributed by atoms with Crippen LogP contribution in [0.15, 0.2) is 12.1 Å². The van der Waals surface area contributed by atoms with Gasteiger partial charge in [-0.05, 0) is 26.0 Å². The van der Waals surface area contributed by atoms with Crippen molar-refractivity contribution in [3.8, 4) is 0 Å². The molecule has 2 rings (SSSR count). The van der Waals surface area contributed by atoms with Crippen molar-refractivity contribution in [1.82, 2.24) is 4.90 Å². The van der Waals surface area contributed by atoms with Gasteiger partial charge in [-0.25, -0.2) is 0 Å². The summed E-state index contributed by atoms with van der Waals surface area (Å²) in [5, 5.41) is 0.668. The van der Waals surface area contributed by atoms with Crippen molar-refractivity contribution in [2.75, 3.05) is 18.8 Å². The molecule has 0 aliphatic carbocycles. The van der Waals surface area contributed by atoms with Crippen LogP contribution >= 0.6 is 23.2 Å². The molecule has 1 aromatic carbocycles. The van der Waals surface area contributed by atoms with Gasteiger partial charge in [0.25, 0.3) is 5.91 Å². The van der Waals surface area contributed by atoms with Crippen LogP contribution in [0.4, 0.5) is 5.69 Å². The Labute approximate surface area is 122 Å². The summed E-state index contributed by atoms with van der Waals surface area (Å²) in [6, 6.07) is 3.02. The Morgan fingerprint density at radius 1 is 1.26 bits per heavy atom. The molecule has 2 atom stereocenters. The molecule has 1 fully saturated rings. The predicted octanol–water partition coefficient (Wildman–Crippen LogP) is 2.83. The molecule has 1 aliphatic heterocycles.